The molecule has 4 unspecified atom stereocenters. The number of hydrogen-bond donors (Lipinski definition) is 1. The second-order valence-corrected chi connectivity index (χ2v) is 5.41. The summed E-state index contributed by atoms with van der Waals surface area (Å²) in [7, 11) is 0. The Labute approximate surface area is 100 Å². The first-order valence-electron chi connectivity index (χ1n) is 5.96. The number of halogens is 1. The van der Waals surface area contributed by atoms with Gasteiger partial charge in [0, 0.05) is 17.5 Å². The van der Waals surface area contributed by atoms with Crippen LogP contribution in [0.25, 0.3) is 0 Å². The van der Waals surface area contributed by atoms with Crippen LogP contribution in [0.5, 0.6) is 0 Å². The van der Waals surface area contributed by atoms with Crippen molar-refractivity contribution >= 4 is 16.8 Å². The molecule has 0 aromatic heterocycles. The van der Waals surface area contributed by atoms with Crippen molar-refractivity contribution in [3.05, 3.63) is 11.3 Å². The summed E-state index contributed by atoms with van der Waals surface area (Å²) in [5.41, 5.74) is 2.53. The van der Waals surface area contributed by atoms with Gasteiger partial charge in [0.2, 0.25) is 0 Å². The van der Waals surface area contributed by atoms with Crippen LogP contribution in [0.1, 0.15) is 32.6 Å². The van der Waals surface area contributed by atoms with E-state index in [9.17, 15) is 5.11 Å². The number of aliphatic imine (C=N–C) groups is 1. The molecule has 3 nitrogen and oxygen atoms in total. The molecule has 0 amide bonds. The molecule has 1 fully saturated rings. The molecule has 0 bridgehead atoms. The maximum Gasteiger partial charge on any atom is 0.182 e. The van der Waals surface area contributed by atoms with Gasteiger partial charge >= 0.3 is 0 Å². The molecule has 2 aliphatic heterocycles. The zero-order valence-corrected chi connectivity index (χ0v) is 10.1. The van der Waals surface area contributed by atoms with E-state index in [-0.39, 0.29) is 12.0 Å². The van der Waals surface area contributed by atoms with Crippen molar-refractivity contribution in [2.75, 3.05) is 0 Å². The lowest BCUT2D eigenvalue weighted by atomic mass is 9.80. The molecule has 2 heterocycles. The smallest absolute Gasteiger partial charge is 0.182 e. The van der Waals surface area contributed by atoms with Crippen LogP contribution >= 0.6 is 11.6 Å². The van der Waals surface area contributed by atoms with E-state index in [1.54, 1.807) is 0 Å². The second kappa shape index (κ2) is 3.83. The molecule has 1 aliphatic carbocycles. The third-order valence-corrected chi connectivity index (χ3v) is 4.25. The summed E-state index contributed by atoms with van der Waals surface area (Å²) >= 11 is 6.13. The molecular formula is C12H16ClNO2. The number of hydrogen-bond acceptors (Lipinski definition) is 3. The number of rotatable bonds is 1. The zero-order chi connectivity index (χ0) is 11.3. The first-order valence-corrected chi connectivity index (χ1v) is 6.34. The van der Waals surface area contributed by atoms with Gasteiger partial charge in [0.15, 0.2) is 6.29 Å². The fourth-order valence-corrected chi connectivity index (χ4v) is 3.01. The van der Waals surface area contributed by atoms with Crippen LogP contribution in [0, 0.1) is 11.8 Å². The Morgan fingerprint density at radius 3 is 2.94 bits per heavy atom. The number of aliphatic hydroxyl groups is 1. The van der Waals surface area contributed by atoms with Gasteiger partial charge < -0.3 is 9.84 Å². The van der Waals surface area contributed by atoms with Crippen molar-refractivity contribution in [2.45, 2.75) is 45.0 Å². The molecule has 0 aromatic carbocycles. The first-order chi connectivity index (χ1) is 7.66. The molecule has 1 N–H and O–H groups in total. The molecule has 4 heteroatoms. The number of allylic oxidation sites excluding steroid dienone is 1. The van der Waals surface area contributed by atoms with Crippen molar-refractivity contribution in [2.24, 2.45) is 16.8 Å². The minimum atomic E-state index is -0.579. The van der Waals surface area contributed by atoms with Gasteiger partial charge in [-0.2, -0.15) is 0 Å². The first kappa shape index (κ1) is 10.8. The lowest BCUT2D eigenvalue weighted by Gasteiger charge is -2.30. The topological polar surface area (TPSA) is 45.1 Å². The van der Waals surface area contributed by atoms with Crippen LogP contribution < -0.4 is 0 Å². The zero-order valence-electron chi connectivity index (χ0n) is 9.32. The van der Waals surface area contributed by atoms with Gasteiger partial charge in [-0.05, 0) is 31.3 Å². The normalized spacial score (nSPS) is 42.8. The SMILES string of the molecule is CC1CC2=C(N=C1Cl)C(C1OC1O)CCC2. The summed E-state index contributed by atoms with van der Waals surface area (Å²) in [6.07, 6.45) is 3.78. The van der Waals surface area contributed by atoms with Gasteiger partial charge in [0.25, 0.3) is 0 Å². The van der Waals surface area contributed by atoms with Crippen molar-refractivity contribution in [1.82, 2.24) is 0 Å². The molecular weight excluding hydrogens is 226 g/mol. The Kier molecular flexibility index (Phi) is 2.57. The average molecular weight is 242 g/mol. The largest absolute Gasteiger partial charge is 0.366 e. The summed E-state index contributed by atoms with van der Waals surface area (Å²) in [5.74, 6) is 0.615. The maximum atomic E-state index is 9.36. The molecule has 4 atom stereocenters. The predicted molar refractivity (Wildman–Crippen MR) is 62.3 cm³/mol. The fraction of sp³-hybridized carbons (Fsp3) is 0.750. The van der Waals surface area contributed by atoms with Gasteiger partial charge in [-0.25, -0.2) is 4.99 Å². The standard InChI is InChI=1S/C12H16ClNO2/c1-6-5-7-3-2-4-8(10-12(15)16-10)9(7)14-11(6)13/h6,8,10,12,15H,2-5H2,1H3. The predicted octanol–water partition coefficient (Wildman–Crippen LogP) is 2.43. The quantitative estimate of drug-likeness (QED) is 0.717. The summed E-state index contributed by atoms with van der Waals surface area (Å²) in [5, 5.41) is 10.1. The van der Waals surface area contributed by atoms with Crippen molar-refractivity contribution < 1.29 is 9.84 Å². The Balaban J connectivity index is 1.90. The monoisotopic (exact) mass is 241 g/mol. The average Bonchev–Trinajstić information content (AvgIpc) is 2.96. The van der Waals surface area contributed by atoms with Gasteiger partial charge in [-0.3, -0.25) is 0 Å². The number of epoxide rings is 1. The van der Waals surface area contributed by atoms with Crippen molar-refractivity contribution in [3.8, 4) is 0 Å². The Morgan fingerprint density at radius 1 is 1.50 bits per heavy atom. The van der Waals surface area contributed by atoms with Gasteiger partial charge in [-0.15, -0.1) is 0 Å². The van der Waals surface area contributed by atoms with E-state index in [1.165, 1.54) is 12.0 Å². The molecule has 0 saturated carbocycles. The third kappa shape index (κ3) is 1.71. The third-order valence-electron chi connectivity index (χ3n) is 3.79. The van der Waals surface area contributed by atoms with Crippen molar-refractivity contribution in [1.29, 1.82) is 0 Å². The molecule has 3 aliphatic rings. The second-order valence-electron chi connectivity index (χ2n) is 5.02. The van der Waals surface area contributed by atoms with Crippen LogP contribution in [0.4, 0.5) is 0 Å². The maximum absolute atomic E-state index is 9.36. The summed E-state index contributed by atoms with van der Waals surface area (Å²) < 4.78 is 5.18. The highest BCUT2D eigenvalue weighted by atomic mass is 35.5. The van der Waals surface area contributed by atoms with E-state index in [0.717, 1.165) is 25.0 Å². The van der Waals surface area contributed by atoms with E-state index in [0.29, 0.717) is 11.1 Å². The summed E-state index contributed by atoms with van der Waals surface area (Å²) in [4.78, 5) is 4.53. The summed E-state index contributed by atoms with van der Waals surface area (Å²) in [6, 6.07) is 0. The Bertz CT molecular complexity index is 377. The highest BCUT2D eigenvalue weighted by Gasteiger charge is 2.47. The molecule has 3 rings (SSSR count). The highest BCUT2D eigenvalue weighted by molar-refractivity contribution is 6.66. The molecule has 1 saturated heterocycles. The van der Waals surface area contributed by atoms with E-state index < -0.39 is 6.29 Å². The van der Waals surface area contributed by atoms with E-state index in [2.05, 4.69) is 11.9 Å². The number of nitrogens with zero attached hydrogens (tertiary/aromatic N) is 1. The number of ether oxygens (including phenoxy) is 1. The minimum absolute atomic E-state index is 0.0353. The molecule has 0 radical (unpaired) electrons. The van der Waals surface area contributed by atoms with Gasteiger partial charge in [0.1, 0.15) is 11.3 Å². The van der Waals surface area contributed by atoms with Crippen LogP contribution in [-0.2, 0) is 4.74 Å². The lowest BCUT2D eigenvalue weighted by molar-refractivity contribution is 0.155. The van der Waals surface area contributed by atoms with Crippen LogP contribution in [-0.4, -0.2) is 22.7 Å². The van der Waals surface area contributed by atoms with E-state index in [1.807, 2.05) is 0 Å². The van der Waals surface area contributed by atoms with Gasteiger partial charge in [-0.1, -0.05) is 18.5 Å². The van der Waals surface area contributed by atoms with Crippen LogP contribution in [0.15, 0.2) is 16.3 Å². The molecule has 0 aromatic rings. The Morgan fingerprint density at radius 2 is 2.25 bits per heavy atom. The lowest BCUT2D eigenvalue weighted by Crippen LogP contribution is -2.24. The highest BCUT2D eigenvalue weighted by Crippen LogP contribution is 2.44. The molecule has 88 valence electrons. The number of aliphatic hydroxyl groups excluding tert-OH is 1. The molecule has 16 heavy (non-hydrogen) atoms. The fourth-order valence-electron chi connectivity index (χ4n) is 2.84. The van der Waals surface area contributed by atoms with Crippen molar-refractivity contribution in [3.63, 3.8) is 0 Å². The van der Waals surface area contributed by atoms with Gasteiger partial charge in [0.05, 0.1) is 0 Å². The van der Waals surface area contributed by atoms with E-state index >= 15 is 0 Å². The van der Waals surface area contributed by atoms with Crippen LogP contribution in [0.3, 0.4) is 0 Å². The van der Waals surface area contributed by atoms with E-state index in [4.69, 9.17) is 16.3 Å². The minimum Gasteiger partial charge on any atom is -0.366 e. The summed E-state index contributed by atoms with van der Waals surface area (Å²) in [6.45, 7) is 2.11. The Hall–Kier alpha value is -0.380. The molecule has 0 spiro atoms. The van der Waals surface area contributed by atoms with Crippen LogP contribution in [0.2, 0.25) is 0 Å².